The van der Waals surface area contributed by atoms with Gasteiger partial charge in [0, 0.05) is 12.3 Å². The summed E-state index contributed by atoms with van der Waals surface area (Å²) in [7, 11) is 0. The zero-order valence-electron chi connectivity index (χ0n) is 9.75. The summed E-state index contributed by atoms with van der Waals surface area (Å²) < 4.78 is 5.35. The molecule has 2 rings (SSSR count). The smallest absolute Gasteiger partial charge is 0.253 e. The number of benzene rings is 1. The molecule has 0 spiro atoms. The molecule has 1 N–H and O–H groups in total. The minimum absolute atomic E-state index is 0.0186. The molecule has 86 valence electrons. The number of carbonyl (C=O) groups excluding carboxylic acids is 1. The molecule has 1 aromatic rings. The largest absolute Gasteiger partial charge is 0.368 e. The lowest BCUT2D eigenvalue weighted by molar-refractivity contribution is -0.124. The molecule has 1 aromatic carbocycles. The molecule has 1 amide bonds. The molecule has 3 nitrogen and oxygen atoms in total. The number of ether oxygens (including phenoxy) is 1. The van der Waals surface area contributed by atoms with Crippen LogP contribution in [0.25, 0.3) is 0 Å². The number of nitrogens with one attached hydrogen (secondary N) is 1. The highest BCUT2D eigenvalue weighted by molar-refractivity contribution is 5.95. The Labute approximate surface area is 95.8 Å². The summed E-state index contributed by atoms with van der Waals surface area (Å²) in [6.07, 6.45) is 1.54. The highest BCUT2D eigenvalue weighted by Gasteiger charge is 2.24. The summed E-state index contributed by atoms with van der Waals surface area (Å²) in [6.45, 7) is 4.70. The van der Waals surface area contributed by atoms with E-state index in [-0.39, 0.29) is 12.0 Å². The molecule has 0 bridgehead atoms. The molecule has 0 aliphatic carbocycles. The first-order chi connectivity index (χ1) is 7.68. The first kappa shape index (κ1) is 11.1. The van der Waals surface area contributed by atoms with E-state index in [0.29, 0.717) is 6.61 Å². The summed E-state index contributed by atoms with van der Waals surface area (Å²) in [6, 6.07) is 5.99. The number of para-hydroxylation sites is 1. The lowest BCUT2D eigenvalue weighted by atomic mass is 10.1. The predicted molar refractivity (Wildman–Crippen MR) is 63.5 cm³/mol. The minimum atomic E-state index is -0.265. The van der Waals surface area contributed by atoms with Gasteiger partial charge in [-0.25, -0.2) is 0 Å². The third-order valence-electron chi connectivity index (χ3n) is 2.95. The number of carbonyl (C=O) groups is 1. The van der Waals surface area contributed by atoms with Gasteiger partial charge in [-0.3, -0.25) is 4.79 Å². The highest BCUT2D eigenvalue weighted by atomic mass is 16.5. The van der Waals surface area contributed by atoms with E-state index in [0.717, 1.165) is 29.7 Å². The zero-order chi connectivity index (χ0) is 11.5. The Hall–Kier alpha value is -1.35. The van der Waals surface area contributed by atoms with E-state index in [1.54, 1.807) is 0 Å². The SMILES string of the molecule is Cc1cccc(C)c1NC(=O)C1CCCO1. The van der Waals surface area contributed by atoms with Gasteiger partial charge in [-0.2, -0.15) is 0 Å². The van der Waals surface area contributed by atoms with Gasteiger partial charge in [-0.1, -0.05) is 18.2 Å². The Balaban J connectivity index is 2.11. The number of hydrogen-bond acceptors (Lipinski definition) is 2. The van der Waals surface area contributed by atoms with Crippen LogP contribution in [0.2, 0.25) is 0 Å². The molecular formula is C13H17NO2. The van der Waals surface area contributed by atoms with Gasteiger partial charge < -0.3 is 10.1 Å². The van der Waals surface area contributed by atoms with Crippen molar-refractivity contribution >= 4 is 11.6 Å². The van der Waals surface area contributed by atoms with Crippen LogP contribution in [-0.2, 0) is 9.53 Å². The number of hydrogen-bond donors (Lipinski definition) is 1. The molecule has 0 radical (unpaired) electrons. The van der Waals surface area contributed by atoms with Crippen molar-refractivity contribution in [3.05, 3.63) is 29.3 Å². The van der Waals surface area contributed by atoms with E-state index < -0.39 is 0 Å². The van der Waals surface area contributed by atoms with Crippen LogP contribution in [0.3, 0.4) is 0 Å². The minimum Gasteiger partial charge on any atom is -0.368 e. The Kier molecular flexibility index (Phi) is 3.25. The van der Waals surface area contributed by atoms with Crippen LogP contribution in [0, 0.1) is 13.8 Å². The van der Waals surface area contributed by atoms with Crippen molar-refractivity contribution in [2.24, 2.45) is 0 Å². The van der Waals surface area contributed by atoms with Gasteiger partial charge in [0.1, 0.15) is 6.10 Å². The lowest BCUT2D eigenvalue weighted by Crippen LogP contribution is -2.27. The van der Waals surface area contributed by atoms with Crippen LogP contribution in [0.4, 0.5) is 5.69 Å². The van der Waals surface area contributed by atoms with Crippen LogP contribution in [-0.4, -0.2) is 18.6 Å². The summed E-state index contributed by atoms with van der Waals surface area (Å²) in [5.74, 6) is -0.0186. The van der Waals surface area contributed by atoms with Crippen molar-refractivity contribution < 1.29 is 9.53 Å². The third-order valence-corrected chi connectivity index (χ3v) is 2.95. The van der Waals surface area contributed by atoms with Crippen molar-refractivity contribution in [1.29, 1.82) is 0 Å². The van der Waals surface area contributed by atoms with E-state index in [4.69, 9.17) is 4.74 Å². The lowest BCUT2D eigenvalue weighted by Gasteiger charge is -2.14. The second kappa shape index (κ2) is 4.66. The third kappa shape index (κ3) is 2.25. The Morgan fingerprint density at radius 1 is 1.38 bits per heavy atom. The van der Waals surface area contributed by atoms with Gasteiger partial charge >= 0.3 is 0 Å². The van der Waals surface area contributed by atoms with Gasteiger partial charge in [0.25, 0.3) is 5.91 Å². The molecule has 3 heteroatoms. The molecule has 1 saturated heterocycles. The molecular weight excluding hydrogens is 202 g/mol. The quantitative estimate of drug-likeness (QED) is 0.829. The van der Waals surface area contributed by atoms with Gasteiger partial charge in [0.2, 0.25) is 0 Å². The second-order valence-corrected chi connectivity index (χ2v) is 4.26. The normalized spacial score (nSPS) is 19.8. The number of aryl methyl sites for hydroxylation is 2. The average Bonchev–Trinajstić information content (AvgIpc) is 2.76. The zero-order valence-corrected chi connectivity index (χ0v) is 9.75. The van der Waals surface area contributed by atoms with E-state index in [2.05, 4.69) is 5.32 Å². The molecule has 1 heterocycles. The summed E-state index contributed by atoms with van der Waals surface area (Å²) >= 11 is 0. The number of rotatable bonds is 2. The van der Waals surface area contributed by atoms with Crippen molar-refractivity contribution in [2.75, 3.05) is 11.9 Å². The fraction of sp³-hybridized carbons (Fsp3) is 0.462. The first-order valence-electron chi connectivity index (χ1n) is 5.67. The highest BCUT2D eigenvalue weighted by Crippen LogP contribution is 2.21. The maximum Gasteiger partial charge on any atom is 0.253 e. The fourth-order valence-corrected chi connectivity index (χ4v) is 2.00. The first-order valence-corrected chi connectivity index (χ1v) is 5.67. The van der Waals surface area contributed by atoms with Crippen LogP contribution >= 0.6 is 0 Å². The van der Waals surface area contributed by atoms with Gasteiger partial charge in [-0.05, 0) is 37.8 Å². The van der Waals surface area contributed by atoms with Crippen LogP contribution in [0.1, 0.15) is 24.0 Å². The number of amides is 1. The molecule has 1 aliphatic heterocycles. The van der Waals surface area contributed by atoms with Crippen molar-refractivity contribution in [3.63, 3.8) is 0 Å². The standard InChI is InChI=1S/C13H17NO2/c1-9-5-3-6-10(2)12(9)14-13(15)11-7-4-8-16-11/h3,5-6,11H,4,7-8H2,1-2H3,(H,14,15). The Morgan fingerprint density at radius 3 is 2.62 bits per heavy atom. The monoisotopic (exact) mass is 219 g/mol. The van der Waals surface area contributed by atoms with E-state index in [1.807, 2.05) is 32.0 Å². The van der Waals surface area contributed by atoms with Crippen molar-refractivity contribution in [3.8, 4) is 0 Å². The maximum absolute atomic E-state index is 11.9. The van der Waals surface area contributed by atoms with E-state index in [1.165, 1.54) is 0 Å². The fourth-order valence-electron chi connectivity index (χ4n) is 2.00. The second-order valence-electron chi connectivity index (χ2n) is 4.26. The summed E-state index contributed by atoms with van der Waals surface area (Å²) in [5.41, 5.74) is 3.10. The maximum atomic E-state index is 11.9. The molecule has 1 unspecified atom stereocenters. The Bertz CT molecular complexity index is 375. The van der Waals surface area contributed by atoms with Crippen LogP contribution in [0.15, 0.2) is 18.2 Å². The van der Waals surface area contributed by atoms with E-state index >= 15 is 0 Å². The van der Waals surface area contributed by atoms with E-state index in [9.17, 15) is 4.79 Å². The average molecular weight is 219 g/mol. The summed E-state index contributed by atoms with van der Waals surface area (Å²) in [4.78, 5) is 11.9. The Morgan fingerprint density at radius 2 is 2.06 bits per heavy atom. The molecule has 1 aliphatic rings. The van der Waals surface area contributed by atoms with Crippen molar-refractivity contribution in [1.82, 2.24) is 0 Å². The van der Waals surface area contributed by atoms with Crippen LogP contribution < -0.4 is 5.32 Å². The summed E-state index contributed by atoms with van der Waals surface area (Å²) in [5, 5.41) is 2.96. The molecule has 0 aromatic heterocycles. The molecule has 1 fully saturated rings. The van der Waals surface area contributed by atoms with Crippen molar-refractivity contribution in [2.45, 2.75) is 32.8 Å². The number of anilines is 1. The molecule has 0 saturated carbocycles. The van der Waals surface area contributed by atoms with Gasteiger partial charge in [-0.15, -0.1) is 0 Å². The molecule has 16 heavy (non-hydrogen) atoms. The van der Waals surface area contributed by atoms with Crippen LogP contribution in [0.5, 0.6) is 0 Å². The van der Waals surface area contributed by atoms with Gasteiger partial charge in [0.05, 0.1) is 0 Å². The van der Waals surface area contributed by atoms with Gasteiger partial charge in [0.15, 0.2) is 0 Å². The molecule has 1 atom stereocenters. The topological polar surface area (TPSA) is 38.3 Å². The predicted octanol–water partition coefficient (Wildman–Crippen LogP) is 2.42.